The molecule has 0 fully saturated rings. The SMILES string of the molecule is Cc1c[c-]c(-c2[c-]cc(C)cc2)cc1.[C-]#[N+]c1c(C(C)(C)C)cccc1C(C)(C)C.[C-]#[N+]c1c(C(C)(C)C)cccc1C(C)(C)C.[C-]#[N+]c1c(C(C)(C)C)cccc1C(C)(C)C.[C-]#[N+]c1c(C(C)(C)C)cccc1C(C)(C)C.[Os+6]. The van der Waals surface area contributed by atoms with Gasteiger partial charge in [0.1, 0.15) is 0 Å². The first-order chi connectivity index (χ1) is 35.5. The van der Waals surface area contributed by atoms with Crippen molar-refractivity contribution in [2.45, 2.75) is 223 Å². The summed E-state index contributed by atoms with van der Waals surface area (Å²) in [7, 11) is 0. The maximum Gasteiger partial charge on any atom is 6.00 e. The molecule has 0 saturated heterocycles. The Labute approximate surface area is 496 Å². The topological polar surface area (TPSA) is 17.4 Å². The van der Waals surface area contributed by atoms with Crippen LogP contribution in [0.2, 0.25) is 0 Å². The number of hydrogen-bond donors (Lipinski definition) is 0. The molecule has 0 N–H and O–H groups in total. The van der Waals surface area contributed by atoms with Gasteiger partial charge in [-0.05, 0) is 87.8 Å². The molecule has 5 heteroatoms. The smallest absolute Gasteiger partial charge is 0.238 e. The molecule has 0 aliphatic carbocycles. The van der Waals surface area contributed by atoms with E-state index in [9.17, 15) is 0 Å². The van der Waals surface area contributed by atoms with Gasteiger partial charge in [-0.25, -0.2) is 30.5 Å². The first-order valence-corrected chi connectivity index (χ1v) is 27.5. The molecule has 0 atom stereocenters. The second kappa shape index (κ2) is 27.9. The minimum atomic E-state index is 0. The summed E-state index contributed by atoms with van der Waals surface area (Å²) in [5.41, 5.74) is 17.4. The average molecular weight is 1230 g/mol. The van der Waals surface area contributed by atoms with E-state index in [4.69, 9.17) is 26.3 Å². The molecule has 6 aromatic carbocycles. The minimum absolute atomic E-state index is 0. The van der Waals surface area contributed by atoms with E-state index in [2.05, 4.69) is 309 Å². The van der Waals surface area contributed by atoms with E-state index in [0.29, 0.717) is 0 Å². The van der Waals surface area contributed by atoms with E-state index in [1.165, 1.54) is 11.1 Å². The number of nitrogens with zero attached hydrogens (tertiary/aromatic N) is 4. The van der Waals surface area contributed by atoms with Crippen LogP contribution in [0.3, 0.4) is 0 Å². The number of benzene rings is 6. The van der Waals surface area contributed by atoms with Gasteiger partial charge in [0.05, 0.1) is 26.3 Å². The van der Waals surface area contributed by atoms with Gasteiger partial charge in [0.25, 0.3) is 0 Å². The van der Waals surface area contributed by atoms with Crippen molar-refractivity contribution in [2.24, 2.45) is 0 Å². The fourth-order valence-electron chi connectivity index (χ4n) is 8.84. The normalized spacial score (nSPS) is 11.8. The molecule has 0 spiro atoms. The predicted molar refractivity (Wildman–Crippen MR) is 339 cm³/mol. The van der Waals surface area contributed by atoms with Crippen LogP contribution >= 0.6 is 0 Å². The molecule has 0 aromatic heterocycles. The molecule has 0 aliphatic rings. The van der Waals surface area contributed by atoms with Crippen molar-refractivity contribution in [1.82, 2.24) is 0 Å². The van der Waals surface area contributed by atoms with Gasteiger partial charge < -0.3 is 0 Å². The molecule has 79 heavy (non-hydrogen) atoms. The Bertz CT molecular complexity index is 2590. The monoisotopic (exact) mass is 1230 g/mol. The van der Waals surface area contributed by atoms with Crippen LogP contribution in [-0.4, -0.2) is 0 Å². The molecule has 6 rings (SSSR count). The first-order valence-electron chi connectivity index (χ1n) is 27.5. The summed E-state index contributed by atoms with van der Waals surface area (Å²) in [5.74, 6) is 0. The van der Waals surface area contributed by atoms with Gasteiger partial charge in [0, 0.05) is 0 Å². The molecule has 4 nitrogen and oxygen atoms in total. The Morgan fingerprint density at radius 1 is 0.266 bits per heavy atom. The number of hydrogen-bond acceptors (Lipinski definition) is 0. The fraction of sp³-hybridized carbons (Fsp3) is 0.459. The van der Waals surface area contributed by atoms with Gasteiger partial charge >= 0.3 is 19.8 Å². The number of para-hydroxylation sites is 4. The molecule has 0 unspecified atom stereocenters. The Hall–Kier alpha value is -6.08. The Morgan fingerprint density at radius 3 is 0.519 bits per heavy atom. The maximum absolute atomic E-state index is 7.41. The second-order valence-electron chi connectivity index (χ2n) is 28.8. The fourth-order valence-corrected chi connectivity index (χ4v) is 8.84. The van der Waals surface area contributed by atoms with Gasteiger partial charge in [-0.3, -0.25) is 0 Å². The van der Waals surface area contributed by atoms with E-state index in [0.717, 1.165) is 78.4 Å². The van der Waals surface area contributed by atoms with Crippen molar-refractivity contribution in [1.29, 1.82) is 0 Å². The van der Waals surface area contributed by atoms with Crippen molar-refractivity contribution < 1.29 is 19.8 Å². The quantitative estimate of drug-likeness (QED) is 0.146. The van der Waals surface area contributed by atoms with Crippen molar-refractivity contribution >= 4 is 22.7 Å². The van der Waals surface area contributed by atoms with Gasteiger partial charge in [-0.2, -0.15) is 48.5 Å². The van der Waals surface area contributed by atoms with Gasteiger partial charge in [-0.1, -0.05) is 253 Å². The van der Waals surface area contributed by atoms with Crippen molar-refractivity contribution in [2.75, 3.05) is 0 Å². The number of rotatable bonds is 1. The third-order valence-corrected chi connectivity index (χ3v) is 13.3. The Morgan fingerprint density at radius 2 is 0.418 bits per heavy atom. The van der Waals surface area contributed by atoms with Gasteiger partial charge in [-0.15, -0.1) is 11.1 Å². The molecule has 0 radical (unpaired) electrons. The standard InChI is InChI=1S/4C15H21N.C14H12.Os/c4*1-14(2,3)11-9-8-10-12(13(11)16-7)15(4,5)6;1-11-3-7-13(8-4-11)14-9-5-12(2)6-10-14;/h4*8-10H,1-6H3;3-7,9H,1-2H3;/q;;;;-2;+6. The summed E-state index contributed by atoms with van der Waals surface area (Å²) in [6, 6.07) is 43.7. The molecule has 0 bridgehead atoms. The summed E-state index contributed by atoms with van der Waals surface area (Å²) >= 11 is 0. The van der Waals surface area contributed by atoms with Crippen LogP contribution in [0.5, 0.6) is 0 Å². The maximum atomic E-state index is 7.41. The van der Waals surface area contributed by atoms with E-state index in [1.807, 2.05) is 12.1 Å². The van der Waals surface area contributed by atoms with Crippen LogP contribution in [0.1, 0.15) is 222 Å². The van der Waals surface area contributed by atoms with Crippen molar-refractivity contribution in [3.05, 3.63) is 223 Å². The van der Waals surface area contributed by atoms with E-state index < -0.39 is 0 Å². The average Bonchev–Trinajstić information content (AvgIpc) is 3.32. The second-order valence-corrected chi connectivity index (χ2v) is 28.8. The largest absolute Gasteiger partial charge is 6.00 e. The molecule has 0 heterocycles. The predicted octanol–water partition coefficient (Wildman–Crippen LogP) is 22.9. The van der Waals surface area contributed by atoms with Crippen LogP contribution in [-0.2, 0) is 63.1 Å². The first kappa shape index (κ1) is 70.9. The van der Waals surface area contributed by atoms with Crippen LogP contribution in [0.4, 0.5) is 22.7 Å². The van der Waals surface area contributed by atoms with Crippen LogP contribution in [0.25, 0.3) is 30.5 Å². The summed E-state index contributed by atoms with van der Waals surface area (Å²) < 4.78 is 0. The van der Waals surface area contributed by atoms with E-state index in [-0.39, 0.29) is 63.1 Å². The molecular formula is C74H96N4Os+4. The third kappa shape index (κ3) is 20.8. The van der Waals surface area contributed by atoms with E-state index in [1.54, 1.807) is 0 Å². The zero-order chi connectivity index (χ0) is 60.2. The molecule has 0 amide bonds. The zero-order valence-corrected chi connectivity index (χ0v) is 56.1. The molecule has 416 valence electrons. The van der Waals surface area contributed by atoms with E-state index >= 15 is 0 Å². The zero-order valence-electron chi connectivity index (χ0n) is 53.5. The molecule has 6 aromatic rings. The van der Waals surface area contributed by atoms with Crippen LogP contribution in [0.15, 0.2) is 109 Å². The molecule has 0 aliphatic heterocycles. The van der Waals surface area contributed by atoms with Crippen molar-refractivity contribution in [3.8, 4) is 11.1 Å². The Kier molecular flexibility index (Phi) is 25.0. The number of aryl methyl sites for hydroxylation is 2. The van der Waals surface area contributed by atoms with Gasteiger partial charge in [0.15, 0.2) is 22.7 Å². The summed E-state index contributed by atoms with van der Waals surface area (Å²) in [5, 5.41) is 0. The van der Waals surface area contributed by atoms with Gasteiger partial charge in [0.2, 0.25) is 0 Å². The Balaban J connectivity index is 0.000000492. The summed E-state index contributed by atoms with van der Waals surface area (Å²) in [6.07, 6.45) is 0. The third-order valence-electron chi connectivity index (χ3n) is 13.3. The molecular weight excluding hydrogens is 1140 g/mol. The minimum Gasteiger partial charge on any atom is -0.238 e. The summed E-state index contributed by atoms with van der Waals surface area (Å²) in [6.45, 7) is 85.5. The summed E-state index contributed by atoms with van der Waals surface area (Å²) in [4.78, 5) is 15.0. The van der Waals surface area contributed by atoms with Crippen molar-refractivity contribution in [3.63, 3.8) is 0 Å². The van der Waals surface area contributed by atoms with Crippen LogP contribution in [0, 0.1) is 52.3 Å². The van der Waals surface area contributed by atoms with Crippen LogP contribution < -0.4 is 0 Å². The molecule has 0 saturated carbocycles.